The number of rotatable bonds is 3. The Balaban J connectivity index is 1.87. The molecule has 2 N–H and O–H groups in total. The summed E-state index contributed by atoms with van der Waals surface area (Å²) in [6.45, 7) is 0. The molecule has 12 heavy (non-hydrogen) atoms. The zero-order valence-electron chi connectivity index (χ0n) is 7.20. The van der Waals surface area contributed by atoms with Crippen molar-refractivity contribution in [3.63, 3.8) is 0 Å². The van der Waals surface area contributed by atoms with Gasteiger partial charge in [-0.25, -0.2) is 0 Å². The number of nitrogens with two attached hydrogens (primary N) is 1. The van der Waals surface area contributed by atoms with Crippen molar-refractivity contribution < 1.29 is 0 Å². The summed E-state index contributed by atoms with van der Waals surface area (Å²) in [6.07, 6.45) is 5.41. The quantitative estimate of drug-likeness (QED) is 0.762. The second kappa shape index (κ2) is 3.58. The average molecular weight is 181 g/mol. The zero-order chi connectivity index (χ0) is 8.39. The van der Waals surface area contributed by atoms with Crippen LogP contribution in [0, 0.1) is 5.92 Å². The molecule has 0 radical (unpaired) electrons. The van der Waals surface area contributed by atoms with Gasteiger partial charge in [0.1, 0.15) is 0 Å². The largest absolute Gasteiger partial charge is 0.324 e. The first-order valence-electron chi connectivity index (χ1n) is 4.64. The van der Waals surface area contributed by atoms with Crippen molar-refractivity contribution in [1.29, 1.82) is 0 Å². The van der Waals surface area contributed by atoms with E-state index in [9.17, 15) is 0 Å². The standard InChI is InChI=1S/C10H15NS/c11-10(6-8-2-1-3-8)9-4-5-12-7-9/h4-5,7-8,10H,1-3,6,11H2. The summed E-state index contributed by atoms with van der Waals surface area (Å²) >= 11 is 1.74. The maximum absolute atomic E-state index is 6.06. The van der Waals surface area contributed by atoms with Gasteiger partial charge in [-0.1, -0.05) is 19.3 Å². The first kappa shape index (κ1) is 8.27. The average Bonchev–Trinajstić information content (AvgIpc) is 2.47. The van der Waals surface area contributed by atoms with Crippen LogP contribution in [-0.2, 0) is 0 Å². The van der Waals surface area contributed by atoms with Gasteiger partial charge in [0, 0.05) is 6.04 Å². The van der Waals surface area contributed by atoms with Gasteiger partial charge in [0.05, 0.1) is 0 Å². The maximum Gasteiger partial charge on any atom is 0.0305 e. The third-order valence-corrected chi connectivity index (χ3v) is 3.48. The van der Waals surface area contributed by atoms with E-state index in [-0.39, 0.29) is 0 Å². The Morgan fingerprint density at radius 1 is 1.58 bits per heavy atom. The van der Waals surface area contributed by atoms with Crippen molar-refractivity contribution in [3.8, 4) is 0 Å². The topological polar surface area (TPSA) is 26.0 Å². The number of hydrogen-bond donors (Lipinski definition) is 1. The van der Waals surface area contributed by atoms with Gasteiger partial charge < -0.3 is 5.73 Å². The summed E-state index contributed by atoms with van der Waals surface area (Å²) in [5.74, 6) is 0.917. The van der Waals surface area contributed by atoms with E-state index < -0.39 is 0 Å². The van der Waals surface area contributed by atoms with E-state index in [2.05, 4.69) is 16.8 Å². The molecular weight excluding hydrogens is 166 g/mol. The lowest BCUT2D eigenvalue weighted by Gasteiger charge is -2.27. The van der Waals surface area contributed by atoms with Crippen LogP contribution in [0.2, 0.25) is 0 Å². The molecule has 0 amide bonds. The minimum absolute atomic E-state index is 0.293. The van der Waals surface area contributed by atoms with Crippen LogP contribution in [-0.4, -0.2) is 0 Å². The predicted octanol–water partition coefficient (Wildman–Crippen LogP) is 2.94. The summed E-state index contributed by atoms with van der Waals surface area (Å²) in [7, 11) is 0. The second-order valence-corrected chi connectivity index (χ2v) is 4.48. The van der Waals surface area contributed by atoms with Crippen LogP contribution in [0.5, 0.6) is 0 Å². The lowest BCUT2D eigenvalue weighted by Crippen LogP contribution is -2.19. The second-order valence-electron chi connectivity index (χ2n) is 3.70. The Labute approximate surface area is 77.6 Å². The van der Waals surface area contributed by atoms with Crippen LogP contribution in [0.3, 0.4) is 0 Å². The Morgan fingerprint density at radius 2 is 2.42 bits per heavy atom. The molecule has 1 heterocycles. The van der Waals surface area contributed by atoms with Crippen molar-refractivity contribution in [3.05, 3.63) is 22.4 Å². The highest BCUT2D eigenvalue weighted by molar-refractivity contribution is 7.07. The molecule has 1 fully saturated rings. The van der Waals surface area contributed by atoms with Gasteiger partial charge in [-0.3, -0.25) is 0 Å². The van der Waals surface area contributed by atoms with Crippen LogP contribution in [0.1, 0.15) is 37.3 Å². The van der Waals surface area contributed by atoms with E-state index in [1.165, 1.54) is 31.2 Å². The normalized spacial score (nSPS) is 20.4. The summed E-state index contributed by atoms with van der Waals surface area (Å²) < 4.78 is 0. The molecule has 66 valence electrons. The third-order valence-electron chi connectivity index (χ3n) is 2.78. The first-order chi connectivity index (χ1) is 5.86. The van der Waals surface area contributed by atoms with Gasteiger partial charge in [-0.15, -0.1) is 0 Å². The highest BCUT2D eigenvalue weighted by Gasteiger charge is 2.20. The van der Waals surface area contributed by atoms with Gasteiger partial charge in [-0.2, -0.15) is 11.3 Å². The van der Waals surface area contributed by atoms with Crippen molar-refractivity contribution in [2.24, 2.45) is 11.7 Å². The van der Waals surface area contributed by atoms with Crippen LogP contribution in [0.4, 0.5) is 0 Å². The Morgan fingerprint density at radius 3 is 2.92 bits per heavy atom. The zero-order valence-corrected chi connectivity index (χ0v) is 8.02. The van der Waals surface area contributed by atoms with Crippen LogP contribution < -0.4 is 5.73 Å². The van der Waals surface area contributed by atoms with Crippen molar-refractivity contribution in [1.82, 2.24) is 0 Å². The molecule has 1 atom stereocenters. The molecule has 2 heteroatoms. The molecule has 1 aromatic heterocycles. The monoisotopic (exact) mass is 181 g/mol. The number of hydrogen-bond acceptors (Lipinski definition) is 2. The smallest absolute Gasteiger partial charge is 0.0305 e. The third kappa shape index (κ3) is 1.70. The van der Waals surface area contributed by atoms with E-state index in [4.69, 9.17) is 5.73 Å². The SMILES string of the molecule is NC(CC1CCC1)c1ccsc1. The van der Waals surface area contributed by atoms with E-state index in [1.807, 2.05) is 0 Å². The lowest BCUT2D eigenvalue weighted by molar-refractivity contribution is 0.277. The van der Waals surface area contributed by atoms with Crippen molar-refractivity contribution >= 4 is 11.3 Å². The van der Waals surface area contributed by atoms with Gasteiger partial charge in [0.25, 0.3) is 0 Å². The summed E-state index contributed by atoms with van der Waals surface area (Å²) in [5.41, 5.74) is 7.38. The minimum atomic E-state index is 0.293. The predicted molar refractivity (Wildman–Crippen MR) is 53.2 cm³/mol. The molecule has 0 aliphatic heterocycles. The van der Waals surface area contributed by atoms with Gasteiger partial charge in [0.15, 0.2) is 0 Å². The molecule has 2 rings (SSSR count). The highest BCUT2D eigenvalue weighted by atomic mass is 32.1. The Hall–Kier alpha value is -0.340. The lowest BCUT2D eigenvalue weighted by atomic mass is 9.80. The Bertz CT molecular complexity index is 226. The molecule has 0 aromatic carbocycles. The fourth-order valence-corrected chi connectivity index (χ4v) is 2.43. The number of thiophene rings is 1. The van der Waals surface area contributed by atoms with E-state index in [1.54, 1.807) is 11.3 Å². The molecule has 1 aliphatic carbocycles. The minimum Gasteiger partial charge on any atom is -0.324 e. The molecule has 0 saturated heterocycles. The molecule has 0 bridgehead atoms. The fraction of sp³-hybridized carbons (Fsp3) is 0.600. The van der Waals surface area contributed by atoms with Crippen molar-refractivity contribution in [2.75, 3.05) is 0 Å². The van der Waals surface area contributed by atoms with Crippen molar-refractivity contribution in [2.45, 2.75) is 31.7 Å². The fourth-order valence-electron chi connectivity index (χ4n) is 1.71. The summed E-state index contributed by atoms with van der Waals surface area (Å²) in [5, 5.41) is 4.28. The maximum atomic E-state index is 6.06. The molecule has 1 nitrogen and oxygen atoms in total. The highest BCUT2D eigenvalue weighted by Crippen LogP contribution is 2.34. The summed E-state index contributed by atoms with van der Waals surface area (Å²) in [4.78, 5) is 0. The van der Waals surface area contributed by atoms with Crippen LogP contribution in [0.15, 0.2) is 16.8 Å². The van der Waals surface area contributed by atoms with Gasteiger partial charge >= 0.3 is 0 Å². The molecule has 0 spiro atoms. The van der Waals surface area contributed by atoms with Crippen LogP contribution >= 0.6 is 11.3 Å². The molecule has 1 unspecified atom stereocenters. The Kier molecular flexibility index (Phi) is 2.47. The molecule has 1 aliphatic rings. The van der Waals surface area contributed by atoms with E-state index >= 15 is 0 Å². The molecule has 1 saturated carbocycles. The molecule has 1 aromatic rings. The first-order valence-corrected chi connectivity index (χ1v) is 5.58. The van der Waals surface area contributed by atoms with E-state index in [0.717, 1.165) is 5.92 Å². The summed E-state index contributed by atoms with van der Waals surface area (Å²) in [6, 6.07) is 2.44. The molecular formula is C10H15NS. The van der Waals surface area contributed by atoms with Gasteiger partial charge in [0.2, 0.25) is 0 Å². The van der Waals surface area contributed by atoms with Gasteiger partial charge in [-0.05, 0) is 34.7 Å². The van der Waals surface area contributed by atoms with E-state index in [0.29, 0.717) is 6.04 Å². The van der Waals surface area contributed by atoms with Crippen LogP contribution in [0.25, 0.3) is 0 Å².